The van der Waals surface area contributed by atoms with E-state index in [1.54, 1.807) is 0 Å². The van der Waals surface area contributed by atoms with E-state index in [2.05, 4.69) is 14.1 Å². The van der Waals surface area contributed by atoms with Crippen molar-refractivity contribution in [1.29, 1.82) is 0 Å². The van der Waals surface area contributed by atoms with Crippen LogP contribution in [-0.4, -0.2) is 26.4 Å². The molecule has 0 radical (unpaired) electrons. The van der Waals surface area contributed by atoms with E-state index in [-0.39, 0.29) is 11.7 Å². The molecule has 0 unspecified atom stereocenters. The number of benzene rings is 1. The second-order valence-corrected chi connectivity index (χ2v) is 4.04. The molecule has 0 spiro atoms. The van der Waals surface area contributed by atoms with E-state index >= 15 is 0 Å². The summed E-state index contributed by atoms with van der Waals surface area (Å²) in [7, 11) is 4.13. The molecule has 0 bridgehead atoms. The van der Waals surface area contributed by atoms with Crippen molar-refractivity contribution in [2.45, 2.75) is 6.92 Å². The number of carbonyl (C=O) groups is 1. The number of quaternary nitrogens is 1. The maximum Gasteiger partial charge on any atom is 0.171 e. The average Bonchev–Trinajstić information content (AvgIpc) is 2.17. The molecule has 0 fully saturated rings. The minimum Gasteiger partial charge on any atom is -0.339 e. The summed E-state index contributed by atoms with van der Waals surface area (Å²) >= 11 is 0. The SMILES string of the molecule is C[C@@H](C[NH+](C)C)C(=O)c1ccccc1. The zero-order chi connectivity index (χ0) is 10.6. The van der Waals surface area contributed by atoms with E-state index in [1.165, 1.54) is 4.90 Å². The molecule has 0 saturated carbocycles. The molecule has 0 aliphatic rings. The van der Waals surface area contributed by atoms with E-state index in [1.807, 2.05) is 37.3 Å². The standard InChI is InChI=1S/C12H17NO/c1-10(9-13(2)3)12(14)11-7-5-4-6-8-11/h4-8,10H,9H2,1-3H3/p+1/t10-/m0/s1. The van der Waals surface area contributed by atoms with Crippen LogP contribution < -0.4 is 4.90 Å². The van der Waals surface area contributed by atoms with Crippen LogP contribution in [0.25, 0.3) is 0 Å². The van der Waals surface area contributed by atoms with Gasteiger partial charge in [0.2, 0.25) is 0 Å². The minimum absolute atomic E-state index is 0.0994. The van der Waals surface area contributed by atoms with Crippen molar-refractivity contribution in [1.82, 2.24) is 0 Å². The summed E-state index contributed by atoms with van der Waals surface area (Å²) in [6.45, 7) is 2.87. The van der Waals surface area contributed by atoms with Crippen molar-refractivity contribution in [3.63, 3.8) is 0 Å². The Bertz CT molecular complexity index is 292. The Morgan fingerprint density at radius 2 is 1.86 bits per heavy atom. The molecule has 0 aliphatic carbocycles. The van der Waals surface area contributed by atoms with Crippen molar-refractivity contribution >= 4 is 5.78 Å². The van der Waals surface area contributed by atoms with E-state index < -0.39 is 0 Å². The molecule has 1 aromatic carbocycles. The molecule has 0 aliphatic heterocycles. The number of ketones is 1. The highest BCUT2D eigenvalue weighted by Gasteiger charge is 2.17. The highest BCUT2D eigenvalue weighted by Crippen LogP contribution is 2.06. The van der Waals surface area contributed by atoms with Gasteiger partial charge in [-0.3, -0.25) is 4.79 Å². The zero-order valence-corrected chi connectivity index (χ0v) is 9.08. The normalized spacial score (nSPS) is 12.9. The van der Waals surface area contributed by atoms with Crippen LogP contribution in [0.15, 0.2) is 30.3 Å². The van der Waals surface area contributed by atoms with Gasteiger partial charge in [0.05, 0.1) is 26.6 Å². The molecule has 0 amide bonds. The highest BCUT2D eigenvalue weighted by molar-refractivity contribution is 5.97. The van der Waals surface area contributed by atoms with Gasteiger partial charge in [0, 0.05) is 5.56 Å². The molecule has 76 valence electrons. The van der Waals surface area contributed by atoms with Crippen molar-refractivity contribution in [3.05, 3.63) is 35.9 Å². The Kier molecular flexibility index (Phi) is 3.84. The zero-order valence-electron chi connectivity index (χ0n) is 9.08. The lowest BCUT2D eigenvalue weighted by Crippen LogP contribution is -3.06. The first-order chi connectivity index (χ1) is 6.61. The number of hydrogen-bond acceptors (Lipinski definition) is 1. The molecule has 0 aromatic heterocycles. The van der Waals surface area contributed by atoms with Gasteiger partial charge in [0.25, 0.3) is 0 Å². The van der Waals surface area contributed by atoms with Gasteiger partial charge in [-0.1, -0.05) is 30.3 Å². The van der Waals surface area contributed by atoms with E-state index in [0.717, 1.165) is 12.1 Å². The van der Waals surface area contributed by atoms with Gasteiger partial charge >= 0.3 is 0 Å². The van der Waals surface area contributed by atoms with Crippen LogP contribution in [0.4, 0.5) is 0 Å². The summed E-state index contributed by atoms with van der Waals surface area (Å²) in [6, 6.07) is 9.50. The molecule has 0 heterocycles. The van der Waals surface area contributed by atoms with Crippen LogP contribution in [0.3, 0.4) is 0 Å². The average molecular weight is 192 g/mol. The van der Waals surface area contributed by atoms with Gasteiger partial charge in [0.15, 0.2) is 5.78 Å². The van der Waals surface area contributed by atoms with Crippen molar-refractivity contribution in [3.8, 4) is 0 Å². The molecule has 0 saturated heterocycles. The molecule has 1 atom stereocenters. The molecular formula is C12H18NO+. The summed E-state index contributed by atoms with van der Waals surface area (Å²) in [5, 5.41) is 0. The van der Waals surface area contributed by atoms with E-state index in [9.17, 15) is 4.79 Å². The first-order valence-electron chi connectivity index (χ1n) is 4.99. The van der Waals surface area contributed by atoms with Crippen LogP contribution in [0.1, 0.15) is 17.3 Å². The fourth-order valence-electron chi connectivity index (χ4n) is 1.59. The van der Waals surface area contributed by atoms with Gasteiger partial charge in [-0.2, -0.15) is 0 Å². The Balaban J connectivity index is 2.66. The monoisotopic (exact) mass is 192 g/mol. The largest absolute Gasteiger partial charge is 0.339 e. The van der Waals surface area contributed by atoms with Crippen molar-refractivity contribution in [2.75, 3.05) is 20.6 Å². The van der Waals surface area contributed by atoms with Crippen LogP contribution in [0.5, 0.6) is 0 Å². The molecule has 1 N–H and O–H groups in total. The van der Waals surface area contributed by atoms with Crippen LogP contribution in [0, 0.1) is 5.92 Å². The van der Waals surface area contributed by atoms with Gasteiger partial charge in [-0.25, -0.2) is 0 Å². The van der Waals surface area contributed by atoms with Gasteiger partial charge in [-0.05, 0) is 6.92 Å². The Hall–Kier alpha value is -1.15. The topological polar surface area (TPSA) is 21.5 Å². The third-order valence-electron chi connectivity index (χ3n) is 2.22. The van der Waals surface area contributed by atoms with Crippen LogP contribution in [-0.2, 0) is 0 Å². The molecule has 1 aromatic rings. The maximum atomic E-state index is 11.9. The van der Waals surface area contributed by atoms with Gasteiger partial charge < -0.3 is 4.90 Å². The number of rotatable bonds is 4. The smallest absolute Gasteiger partial charge is 0.171 e. The Labute approximate surface area is 85.5 Å². The first-order valence-corrected chi connectivity index (χ1v) is 4.99. The summed E-state index contributed by atoms with van der Waals surface area (Å²) < 4.78 is 0. The summed E-state index contributed by atoms with van der Waals surface area (Å²) in [5.41, 5.74) is 0.821. The third kappa shape index (κ3) is 2.96. The molecule has 14 heavy (non-hydrogen) atoms. The molecule has 1 rings (SSSR count). The number of nitrogens with one attached hydrogen (secondary N) is 1. The second-order valence-electron chi connectivity index (χ2n) is 4.04. The molecule has 2 nitrogen and oxygen atoms in total. The van der Waals surface area contributed by atoms with E-state index in [4.69, 9.17) is 0 Å². The van der Waals surface area contributed by atoms with Crippen LogP contribution >= 0.6 is 0 Å². The van der Waals surface area contributed by atoms with Crippen molar-refractivity contribution in [2.24, 2.45) is 5.92 Å². The summed E-state index contributed by atoms with van der Waals surface area (Å²) in [5.74, 6) is 0.342. The minimum atomic E-state index is 0.0994. The molecular weight excluding hydrogens is 174 g/mol. The Morgan fingerprint density at radius 3 is 2.36 bits per heavy atom. The van der Waals surface area contributed by atoms with E-state index in [0.29, 0.717) is 0 Å². The number of Topliss-reactive ketones (excluding diaryl/α,β-unsaturated/α-hetero) is 1. The first kappa shape index (κ1) is 10.9. The maximum absolute atomic E-state index is 11.9. The van der Waals surface area contributed by atoms with Gasteiger partial charge in [0.1, 0.15) is 0 Å². The fraction of sp³-hybridized carbons (Fsp3) is 0.417. The molecule has 2 heteroatoms. The number of hydrogen-bond donors (Lipinski definition) is 1. The lowest BCUT2D eigenvalue weighted by Gasteiger charge is -2.13. The predicted molar refractivity (Wildman–Crippen MR) is 57.6 cm³/mol. The van der Waals surface area contributed by atoms with Crippen molar-refractivity contribution < 1.29 is 9.69 Å². The quantitative estimate of drug-likeness (QED) is 0.695. The lowest BCUT2D eigenvalue weighted by atomic mass is 9.99. The Morgan fingerprint density at radius 1 is 1.29 bits per heavy atom. The number of carbonyl (C=O) groups excluding carboxylic acids is 1. The fourth-order valence-corrected chi connectivity index (χ4v) is 1.59. The van der Waals surface area contributed by atoms with Crippen LogP contribution in [0.2, 0.25) is 0 Å². The lowest BCUT2D eigenvalue weighted by molar-refractivity contribution is -0.860. The summed E-state index contributed by atoms with van der Waals surface area (Å²) in [4.78, 5) is 13.2. The predicted octanol–water partition coefficient (Wildman–Crippen LogP) is 0.650. The highest BCUT2D eigenvalue weighted by atomic mass is 16.1. The third-order valence-corrected chi connectivity index (χ3v) is 2.22. The summed E-state index contributed by atoms with van der Waals surface area (Å²) in [6.07, 6.45) is 0. The van der Waals surface area contributed by atoms with Gasteiger partial charge in [-0.15, -0.1) is 0 Å². The second kappa shape index (κ2) is 4.91.